The number of alkyl halides is 2. The molecule has 52 heavy (non-hydrogen) atoms. The van der Waals surface area contributed by atoms with Gasteiger partial charge in [0, 0.05) is 25.1 Å². The second kappa shape index (κ2) is 18.1. The van der Waals surface area contributed by atoms with E-state index < -0.39 is 66.6 Å². The summed E-state index contributed by atoms with van der Waals surface area (Å²) in [6.07, 6.45) is -0.311. The highest BCUT2D eigenvalue weighted by Gasteiger charge is 2.50. The van der Waals surface area contributed by atoms with Crippen LogP contribution in [-0.4, -0.2) is 75.6 Å². The van der Waals surface area contributed by atoms with Crippen LogP contribution in [0, 0.1) is 0 Å². The predicted molar refractivity (Wildman–Crippen MR) is 187 cm³/mol. The van der Waals surface area contributed by atoms with Gasteiger partial charge in [-0.05, 0) is 25.0 Å². The molecule has 4 rings (SSSR count). The highest BCUT2D eigenvalue weighted by molar-refractivity contribution is 6.11. The van der Waals surface area contributed by atoms with Gasteiger partial charge in [0.2, 0.25) is 17.6 Å². The van der Waals surface area contributed by atoms with E-state index in [2.05, 4.69) is 15.6 Å². The summed E-state index contributed by atoms with van der Waals surface area (Å²) in [5.41, 5.74) is 0.266. The molecule has 0 radical (unpaired) electrons. The first-order chi connectivity index (χ1) is 24.9. The zero-order chi connectivity index (χ0) is 37.7. The van der Waals surface area contributed by atoms with Crippen molar-refractivity contribution in [1.29, 1.82) is 0 Å². The molecule has 3 N–H and O–H groups in total. The van der Waals surface area contributed by atoms with Crippen LogP contribution in [0.25, 0.3) is 11.4 Å². The maximum atomic E-state index is 15.4. The first kappa shape index (κ1) is 38.6. The molecule has 1 unspecified atom stereocenters. The lowest BCUT2D eigenvalue weighted by molar-refractivity contribution is -0.161. The molecule has 0 bridgehead atoms. The number of likely N-dealkylation sites (N-methyl/N-ethyl adjacent to an activating group) is 1. The predicted octanol–water partition coefficient (Wildman–Crippen LogP) is 3.58. The lowest BCUT2D eigenvalue weighted by atomic mass is 9.98. The Morgan fingerprint density at radius 1 is 0.865 bits per heavy atom. The average molecular weight is 717 g/mol. The molecule has 4 amide bonds. The SMILES string of the molecule is CCN(CC)C(=O)CNC(=O)C(F)(F)C(=O)C(Cc1ccccc1)NC(=O)Cn1c(-c2ccccc2)ncc(NC(=O)OCc2ccccc2)c1=O. The number of nitrogens with zero attached hydrogens (tertiary/aromatic N) is 3. The van der Waals surface area contributed by atoms with E-state index in [-0.39, 0.29) is 31.2 Å². The molecule has 1 heterocycles. The van der Waals surface area contributed by atoms with Crippen LogP contribution in [0.5, 0.6) is 0 Å². The van der Waals surface area contributed by atoms with Crippen LogP contribution < -0.4 is 21.5 Å². The summed E-state index contributed by atoms with van der Waals surface area (Å²) < 4.78 is 36.9. The van der Waals surface area contributed by atoms with Crippen LogP contribution in [0.4, 0.5) is 19.3 Å². The van der Waals surface area contributed by atoms with Crippen molar-refractivity contribution in [2.75, 3.05) is 25.0 Å². The number of carbonyl (C=O) groups excluding carboxylic acids is 5. The summed E-state index contributed by atoms with van der Waals surface area (Å²) in [5, 5.41) is 6.40. The van der Waals surface area contributed by atoms with E-state index in [1.165, 1.54) is 4.90 Å². The van der Waals surface area contributed by atoms with E-state index in [1.54, 1.807) is 105 Å². The zero-order valence-corrected chi connectivity index (χ0v) is 28.5. The third-order valence-electron chi connectivity index (χ3n) is 7.88. The van der Waals surface area contributed by atoms with E-state index in [1.807, 2.05) is 5.32 Å². The quantitative estimate of drug-likeness (QED) is 0.148. The maximum absolute atomic E-state index is 15.4. The molecular formula is C37H38F2N6O7. The lowest BCUT2D eigenvalue weighted by Gasteiger charge is -2.24. The number of halogens is 2. The number of aromatic nitrogens is 2. The second-order valence-electron chi connectivity index (χ2n) is 11.4. The molecule has 1 aromatic heterocycles. The number of ether oxygens (including phenoxy) is 1. The van der Waals surface area contributed by atoms with Crippen molar-refractivity contribution in [3.63, 3.8) is 0 Å². The molecule has 0 spiro atoms. The Bertz CT molecular complexity index is 1920. The van der Waals surface area contributed by atoms with Crippen LogP contribution in [0.2, 0.25) is 0 Å². The number of amides is 4. The van der Waals surface area contributed by atoms with E-state index in [0.29, 0.717) is 16.7 Å². The van der Waals surface area contributed by atoms with Crippen molar-refractivity contribution in [1.82, 2.24) is 25.1 Å². The van der Waals surface area contributed by atoms with Gasteiger partial charge in [0.15, 0.2) is 0 Å². The van der Waals surface area contributed by atoms with Crippen molar-refractivity contribution in [3.05, 3.63) is 119 Å². The van der Waals surface area contributed by atoms with Gasteiger partial charge in [0.1, 0.15) is 24.7 Å². The highest BCUT2D eigenvalue weighted by Crippen LogP contribution is 2.21. The highest BCUT2D eigenvalue weighted by atomic mass is 19.3. The smallest absolute Gasteiger partial charge is 0.412 e. The number of benzene rings is 3. The molecule has 0 aliphatic carbocycles. The number of hydrogen-bond donors (Lipinski definition) is 3. The molecule has 1 atom stereocenters. The minimum Gasteiger partial charge on any atom is -0.444 e. The minimum atomic E-state index is -4.65. The molecule has 13 nitrogen and oxygen atoms in total. The van der Waals surface area contributed by atoms with Gasteiger partial charge in [0.25, 0.3) is 11.5 Å². The zero-order valence-electron chi connectivity index (χ0n) is 28.5. The first-order valence-corrected chi connectivity index (χ1v) is 16.4. The third-order valence-corrected chi connectivity index (χ3v) is 7.88. The molecule has 0 fully saturated rings. The molecule has 0 aliphatic rings. The number of anilines is 1. The number of rotatable bonds is 16. The lowest BCUT2D eigenvalue weighted by Crippen LogP contribution is -2.56. The van der Waals surface area contributed by atoms with Gasteiger partial charge in [-0.3, -0.25) is 33.9 Å². The molecule has 272 valence electrons. The topological polar surface area (TPSA) is 169 Å². The molecule has 4 aromatic rings. The van der Waals surface area contributed by atoms with Crippen LogP contribution in [0.3, 0.4) is 0 Å². The largest absolute Gasteiger partial charge is 0.444 e. The maximum Gasteiger partial charge on any atom is 0.412 e. The molecule has 0 aliphatic heterocycles. The first-order valence-electron chi connectivity index (χ1n) is 16.4. The van der Waals surface area contributed by atoms with E-state index >= 15 is 8.78 Å². The van der Waals surface area contributed by atoms with Gasteiger partial charge in [-0.15, -0.1) is 0 Å². The Labute approximate surface area is 298 Å². The van der Waals surface area contributed by atoms with E-state index in [9.17, 15) is 28.8 Å². The average Bonchev–Trinajstić information content (AvgIpc) is 3.15. The number of Topliss-reactive ketones (excluding diaryl/α,β-unsaturated/α-hetero) is 1. The van der Waals surface area contributed by atoms with E-state index in [0.717, 1.165) is 10.8 Å². The van der Waals surface area contributed by atoms with Crippen molar-refractivity contribution in [2.45, 2.75) is 45.4 Å². The Morgan fingerprint density at radius 2 is 1.44 bits per heavy atom. The van der Waals surface area contributed by atoms with Gasteiger partial charge in [-0.1, -0.05) is 91.0 Å². The van der Waals surface area contributed by atoms with Crippen molar-refractivity contribution in [3.8, 4) is 11.4 Å². The minimum absolute atomic E-state index is 0.00235. The summed E-state index contributed by atoms with van der Waals surface area (Å²) in [6.45, 7) is 2.25. The molecular weight excluding hydrogens is 678 g/mol. The summed E-state index contributed by atoms with van der Waals surface area (Å²) in [7, 11) is 0. The number of hydrogen-bond acceptors (Lipinski definition) is 8. The van der Waals surface area contributed by atoms with Crippen LogP contribution in [-0.2, 0) is 43.5 Å². The van der Waals surface area contributed by atoms with Crippen molar-refractivity contribution >= 4 is 35.3 Å². The van der Waals surface area contributed by atoms with Crippen LogP contribution in [0.15, 0.2) is 102 Å². The molecule has 15 heteroatoms. The fraction of sp³-hybridized carbons (Fsp3) is 0.270. The summed E-state index contributed by atoms with van der Waals surface area (Å²) in [6, 6.07) is 23.1. The Hall–Kier alpha value is -6.25. The Kier molecular flexibility index (Phi) is 13.4. The number of nitrogens with one attached hydrogen (secondary N) is 3. The van der Waals surface area contributed by atoms with Crippen LogP contribution >= 0.6 is 0 Å². The van der Waals surface area contributed by atoms with Gasteiger partial charge in [-0.25, -0.2) is 9.78 Å². The monoisotopic (exact) mass is 716 g/mol. The van der Waals surface area contributed by atoms with Gasteiger partial charge < -0.3 is 20.3 Å². The fourth-order valence-corrected chi connectivity index (χ4v) is 5.14. The Balaban J connectivity index is 1.58. The van der Waals surface area contributed by atoms with Gasteiger partial charge in [0.05, 0.1) is 18.8 Å². The third kappa shape index (κ3) is 10.2. The van der Waals surface area contributed by atoms with Gasteiger partial charge >= 0.3 is 12.0 Å². The van der Waals surface area contributed by atoms with Crippen molar-refractivity contribution < 1.29 is 37.5 Å². The normalized spacial score (nSPS) is 11.5. The molecule has 0 saturated carbocycles. The summed E-state index contributed by atoms with van der Waals surface area (Å²) >= 11 is 0. The Morgan fingerprint density at radius 3 is 2.04 bits per heavy atom. The van der Waals surface area contributed by atoms with Gasteiger partial charge in [-0.2, -0.15) is 8.78 Å². The van der Waals surface area contributed by atoms with Crippen LogP contribution in [0.1, 0.15) is 25.0 Å². The fourth-order valence-electron chi connectivity index (χ4n) is 5.14. The standard InChI is InChI=1S/C37H38F2N6O7/c1-3-44(4-2)31(47)22-41-35(50)37(38,39)32(48)28(20-25-14-8-5-9-15-25)42-30(46)23-45-33(27-18-12-7-13-19-27)40-21-29(34(45)49)43-36(51)52-24-26-16-10-6-11-17-26/h5-19,21,28H,3-4,20,22-24H2,1-2H3,(H,41,50)(H,42,46)(H,43,51). The summed E-state index contributed by atoms with van der Waals surface area (Å²) in [5.74, 6) is -10.2. The molecule has 3 aromatic carbocycles. The van der Waals surface area contributed by atoms with E-state index in [4.69, 9.17) is 4.74 Å². The molecule has 0 saturated heterocycles. The number of ketones is 1. The summed E-state index contributed by atoms with van der Waals surface area (Å²) in [4.78, 5) is 83.6. The number of carbonyl (C=O) groups is 5. The second-order valence-corrected chi connectivity index (χ2v) is 11.4. The van der Waals surface area contributed by atoms with Crippen molar-refractivity contribution in [2.24, 2.45) is 0 Å².